The number of nitrogens with zero attached hydrogens (tertiary/aromatic N) is 6. The lowest BCUT2D eigenvalue weighted by molar-refractivity contribution is -0.124. The molecule has 12 heteroatoms. The first-order valence-corrected chi connectivity index (χ1v) is 10.1. The molecule has 0 saturated carbocycles. The molecular formula is C21H18ClF3N6O2. The molecular weight excluding hydrogens is 461 g/mol. The maximum absolute atomic E-state index is 14.6. The van der Waals surface area contributed by atoms with Crippen molar-refractivity contribution in [1.29, 1.82) is 0 Å². The van der Waals surface area contributed by atoms with Gasteiger partial charge in [0.25, 0.3) is 0 Å². The highest BCUT2D eigenvalue weighted by Crippen LogP contribution is 2.32. The van der Waals surface area contributed by atoms with Gasteiger partial charge in [0.2, 0.25) is 0 Å². The maximum Gasteiger partial charge on any atom is 0.138 e. The molecule has 172 valence electrons. The third kappa shape index (κ3) is 4.90. The van der Waals surface area contributed by atoms with E-state index in [1.807, 2.05) is 0 Å². The van der Waals surface area contributed by atoms with Gasteiger partial charge in [-0.1, -0.05) is 22.9 Å². The van der Waals surface area contributed by atoms with E-state index in [9.17, 15) is 18.3 Å². The zero-order chi connectivity index (χ0) is 23.6. The van der Waals surface area contributed by atoms with E-state index in [1.54, 1.807) is 6.92 Å². The van der Waals surface area contributed by atoms with Crippen molar-refractivity contribution >= 4 is 11.6 Å². The Morgan fingerprint density at radius 3 is 2.61 bits per heavy atom. The third-order valence-corrected chi connectivity index (χ3v) is 5.42. The lowest BCUT2D eigenvalue weighted by atomic mass is 9.88. The Morgan fingerprint density at radius 1 is 1.15 bits per heavy atom. The molecule has 0 aliphatic heterocycles. The van der Waals surface area contributed by atoms with Crippen molar-refractivity contribution in [2.45, 2.75) is 31.8 Å². The molecule has 0 unspecified atom stereocenters. The summed E-state index contributed by atoms with van der Waals surface area (Å²) in [6.07, 6.45) is 3.17. The summed E-state index contributed by atoms with van der Waals surface area (Å²) in [4.78, 5) is 3.82. The molecule has 0 bridgehead atoms. The quantitative estimate of drug-likeness (QED) is 0.417. The zero-order valence-corrected chi connectivity index (χ0v) is 18.0. The molecule has 2 atom stereocenters. The zero-order valence-electron chi connectivity index (χ0n) is 17.2. The number of ether oxygens (including phenoxy) is 1. The summed E-state index contributed by atoms with van der Waals surface area (Å²) >= 11 is 6.05. The number of aliphatic hydroxyl groups is 1. The summed E-state index contributed by atoms with van der Waals surface area (Å²) in [5, 5.41) is 23.5. The van der Waals surface area contributed by atoms with Crippen molar-refractivity contribution in [2.24, 2.45) is 0 Å². The molecule has 2 aromatic heterocycles. The van der Waals surface area contributed by atoms with Crippen molar-refractivity contribution in [3.63, 3.8) is 0 Å². The molecule has 0 amide bonds. The van der Waals surface area contributed by atoms with Crippen LogP contribution < -0.4 is 0 Å². The van der Waals surface area contributed by atoms with E-state index >= 15 is 0 Å². The highest BCUT2D eigenvalue weighted by atomic mass is 35.5. The molecule has 0 fully saturated rings. The van der Waals surface area contributed by atoms with Crippen LogP contribution in [0.1, 0.15) is 18.2 Å². The number of benzene rings is 2. The average molecular weight is 479 g/mol. The number of rotatable bonds is 8. The molecule has 0 spiro atoms. The Labute approximate surface area is 191 Å². The van der Waals surface area contributed by atoms with Crippen molar-refractivity contribution in [3.8, 4) is 5.69 Å². The van der Waals surface area contributed by atoms with Crippen LogP contribution in [0.3, 0.4) is 0 Å². The van der Waals surface area contributed by atoms with Crippen LogP contribution in [0, 0.1) is 17.5 Å². The summed E-state index contributed by atoms with van der Waals surface area (Å²) in [6.45, 7) is 1.25. The Balaban J connectivity index is 1.55. The topological polar surface area (TPSA) is 90.9 Å². The van der Waals surface area contributed by atoms with E-state index < -0.39 is 29.2 Å². The number of halogens is 4. The highest BCUT2D eigenvalue weighted by molar-refractivity contribution is 6.32. The Morgan fingerprint density at radius 2 is 1.91 bits per heavy atom. The van der Waals surface area contributed by atoms with Crippen molar-refractivity contribution in [3.05, 3.63) is 89.0 Å². The van der Waals surface area contributed by atoms with Gasteiger partial charge >= 0.3 is 0 Å². The SMILES string of the molecule is C[C@@H](OCc1cn(-c2ccc(F)cc2Cl)nn1)[C@](O)(Cn1cncn1)c1ccc(F)cc1F. The van der Waals surface area contributed by atoms with Gasteiger partial charge in [0, 0.05) is 11.6 Å². The Bertz CT molecular complexity index is 1250. The van der Waals surface area contributed by atoms with Gasteiger partial charge in [-0.15, -0.1) is 5.10 Å². The lowest BCUT2D eigenvalue weighted by Crippen LogP contribution is -2.44. The van der Waals surface area contributed by atoms with E-state index in [1.165, 1.54) is 40.3 Å². The van der Waals surface area contributed by atoms with E-state index in [2.05, 4.69) is 20.4 Å². The van der Waals surface area contributed by atoms with E-state index in [-0.39, 0.29) is 23.7 Å². The van der Waals surface area contributed by atoms with Crippen LogP contribution in [0.15, 0.2) is 55.2 Å². The van der Waals surface area contributed by atoms with Gasteiger partial charge < -0.3 is 9.84 Å². The van der Waals surface area contributed by atoms with Gasteiger partial charge in [0.15, 0.2) is 0 Å². The molecule has 33 heavy (non-hydrogen) atoms. The van der Waals surface area contributed by atoms with Crippen LogP contribution in [0.2, 0.25) is 5.02 Å². The van der Waals surface area contributed by atoms with Crippen LogP contribution in [-0.4, -0.2) is 41.0 Å². The average Bonchev–Trinajstić information content (AvgIpc) is 3.44. The second kappa shape index (κ2) is 9.30. The van der Waals surface area contributed by atoms with Crippen LogP contribution in [0.4, 0.5) is 13.2 Å². The number of aromatic nitrogens is 6. The lowest BCUT2D eigenvalue weighted by Gasteiger charge is -2.34. The Hall–Kier alpha value is -3.28. The fraction of sp³-hybridized carbons (Fsp3) is 0.238. The molecule has 8 nitrogen and oxygen atoms in total. The van der Waals surface area contributed by atoms with E-state index in [0.29, 0.717) is 17.4 Å². The predicted octanol–water partition coefficient (Wildman–Crippen LogP) is 3.42. The second-order valence-electron chi connectivity index (χ2n) is 7.34. The molecule has 0 aliphatic rings. The highest BCUT2D eigenvalue weighted by Gasteiger charge is 2.40. The van der Waals surface area contributed by atoms with Crippen molar-refractivity contribution < 1.29 is 23.0 Å². The molecule has 0 saturated heterocycles. The van der Waals surface area contributed by atoms with Crippen LogP contribution in [0.25, 0.3) is 5.69 Å². The van der Waals surface area contributed by atoms with Gasteiger partial charge in [0.05, 0.1) is 36.2 Å². The number of hydrogen-bond acceptors (Lipinski definition) is 6. The summed E-state index contributed by atoms with van der Waals surface area (Å²) in [7, 11) is 0. The van der Waals surface area contributed by atoms with Gasteiger partial charge in [0.1, 0.15) is 41.4 Å². The first-order valence-electron chi connectivity index (χ1n) is 9.75. The Kier molecular flexibility index (Phi) is 6.45. The van der Waals surface area contributed by atoms with Crippen LogP contribution >= 0.6 is 11.6 Å². The minimum atomic E-state index is -1.91. The minimum Gasteiger partial charge on any atom is -0.380 e. The summed E-state index contributed by atoms with van der Waals surface area (Å²) in [5.74, 6) is -2.19. The van der Waals surface area contributed by atoms with Crippen molar-refractivity contribution in [2.75, 3.05) is 0 Å². The van der Waals surface area contributed by atoms with E-state index in [4.69, 9.17) is 16.3 Å². The van der Waals surface area contributed by atoms with Crippen LogP contribution in [-0.2, 0) is 23.5 Å². The van der Waals surface area contributed by atoms with Gasteiger partial charge in [-0.25, -0.2) is 27.5 Å². The molecule has 2 heterocycles. The second-order valence-corrected chi connectivity index (χ2v) is 7.75. The summed E-state index contributed by atoms with van der Waals surface area (Å²) in [5.41, 5.74) is -1.28. The maximum atomic E-state index is 14.6. The normalized spacial score (nSPS) is 14.2. The van der Waals surface area contributed by atoms with Gasteiger partial charge in [-0.05, 0) is 31.2 Å². The summed E-state index contributed by atoms with van der Waals surface area (Å²) < 4.78 is 49.8. The predicted molar refractivity (Wildman–Crippen MR) is 111 cm³/mol. The molecule has 0 radical (unpaired) electrons. The largest absolute Gasteiger partial charge is 0.380 e. The fourth-order valence-corrected chi connectivity index (χ4v) is 3.59. The molecule has 4 aromatic rings. The first kappa shape index (κ1) is 22.9. The molecule has 1 N–H and O–H groups in total. The van der Waals surface area contributed by atoms with Gasteiger partial charge in [-0.2, -0.15) is 5.10 Å². The third-order valence-electron chi connectivity index (χ3n) is 5.12. The fourth-order valence-electron chi connectivity index (χ4n) is 3.33. The first-order chi connectivity index (χ1) is 15.8. The number of hydrogen-bond donors (Lipinski definition) is 1. The van der Waals surface area contributed by atoms with E-state index in [0.717, 1.165) is 18.2 Å². The monoisotopic (exact) mass is 478 g/mol. The molecule has 4 rings (SSSR count). The standard InChI is InChI=1S/C21H18ClF3N6O2/c1-13(33-9-16-8-31(29-28-16)20-5-3-14(23)6-18(20)22)21(32,10-30-12-26-11-27-30)17-4-2-15(24)7-19(17)25/h2-8,11-13,32H,9-10H2,1H3/t13-,21-/m1/s1. The van der Waals surface area contributed by atoms with Gasteiger partial charge in [-0.3, -0.25) is 0 Å². The van der Waals surface area contributed by atoms with Crippen LogP contribution in [0.5, 0.6) is 0 Å². The van der Waals surface area contributed by atoms with Crippen molar-refractivity contribution in [1.82, 2.24) is 29.8 Å². The smallest absolute Gasteiger partial charge is 0.138 e. The molecule has 0 aliphatic carbocycles. The summed E-state index contributed by atoms with van der Waals surface area (Å²) in [6, 6.07) is 6.74. The molecule has 2 aromatic carbocycles. The minimum absolute atomic E-state index is 0.0948.